The smallest absolute Gasteiger partial charge is 0.221 e. The van der Waals surface area contributed by atoms with Crippen molar-refractivity contribution in [1.82, 2.24) is 10.2 Å². The van der Waals surface area contributed by atoms with Gasteiger partial charge in [0.05, 0.1) is 0 Å². The predicted octanol–water partition coefficient (Wildman–Crippen LogP) is -0.0309. The number of hydrogen-bond donors (Lipinski definition) is 1. The van der Waals surface area contributed by atoms with Gasteiger partial charge >= 0.3 is 0 Å². The van der Waals surface area contributed by atoms with Gasteiger partial charge in [0.1, 0.15) is 0 Å². The molecule has 0 aromatic heterocycles. The van der Waals surface area contributed by atoms with E-state index in [1.807, 2.05) is 0 Å². The van der Waals surface area contributed by atoms with E-state index in [4.69, 9.17) is 0 Å². The van der Waals surface area contributed by atoms with Crippen molar-refractivity contribution >= 4 is 5.91 Å². The number of carbonyl (C=O) groups excluding carboxylic acids is 1. The van der Waals surface area contributed by atoms with Gasteiger partial charge in [-0.25, -0.2) is 0 Å². The minimum absolute atomic E-state index is 0.226. The van der Waals surface area contributed by atoms with Crippen molar-refractivity contribution in [1.29, 1.82) is 0 Å². The Bertz CT molecular complexity index is 181. The van der Waals surface area contributed by atoms with E-state index < -0.39 is 0 Å². The molecule has 2 bridgehead atoms. The number of nitrogens with one attached hydrogen (secondary N) is 1. The number of amides is 1. The van der Waals surface area contributed by atoms with E-state index in [1.54, 1.807) is 0 Å². The molecule has 2 atom stereocenters. The first-order valence-electron chi connectivity index (χ1n) is 4.26. The molecule has 3 heteroatoms. The maximum absolute atomic E-state index is 11.1. The highest BCUT2D eigenvalue weighted by atomic mass is 16.1. The highest BCUT2D eigenvalue weighted by molar-refractivity contribution is 5.77. The molecule has 0 unspecified atom stereocenters. The number of nitrogens with zero attached hydrogens (tertiary/aromatic N) is 1. The summed E-state index contributed by atoms with van der Waals surface area (Å²) in [6, 6.07) is 1.12. The van der Waals surface area contributed by atoms with Crippen molar-refractivity contribution in [3.63, 3.8) is 0 Å². The topological polar surface area (TPSA) is 32.3 Å². The van der Waals surface area contributed by atoms with Gasteiger partial charge in [-0.15, -0.1) is 0 Å². The van der Waals surface area contributed by atoms with E-state index in [-0.39, 0.29) is 5.91 Å². The van der Waals surface area contributed by atoms with E-state index in [9.17, 15) is 4.79 Å². The molecular formula is C8H14N2O. The fourth-order valence-corrected chi connectivity index (χ4v) is 2.10. The summed E-state index contributed by atoms with van der Waals surface area (Å²) in [5.74, 6) is 0.226. The third kappa shape index (κ3) is 1.13. The Morgan fingerprint density at radius 3 is 3.00 bits per heavy atom. The highest BCUT2D eigenvalue weighted by Crippen LogP contribution is 2.25. The molecule has 0 aromatic rings. The van der Waals surface area contributed by atoms with Gasteiger partial charge in [-0.05, 0) is 19.9 Å². The Morgan fingerprint density at radius 2 is 2.18 bits per heavy atom. The van der Waals surface area contributed by atoms with Gasteiger partial charge in [-0.2, -0.15) is 0 Å². The lowest BCUT2D eigenvalue weighted by atomic mass is 10.1. The molecule has 0 aliphatic carbocycles. The minimum atomic E-state index is 0.226. The predicted molar refractivity (Wildman–Crippen MR) is 42.2 cm³/mol. The molecule has 0 saturated carbocycles. The van der Waals surface area contributed by atoms with Gasteiger partial charge in [-0.3, -0.25) is 9.69 Å². The van der Waals surface area contributed by atoms with Gasteiger partial charge in [-0.1, -0.05) is 0 Å². The highest BCUT2D eigenvalue weighted by Gasteiger charge is 2.34. The van der Waals surface area contributed by atoms with Gasteiger partial charge in [0.25, 0.3) is 0 Å². The lowest BCUT2D eigenvalue weighted by Gasteiger charge is -2.20. The molecule has 2 aliphatic heterocycles. The summed E-state index contributed by atoms with van der Waals surface area (Å²) < 4.78 is 0. The molecule has 2 aliphatic rings. The lowest BCUT2D eigenvalue weighted by molar-refractivity contribution is -0.121. The van der Waals surface area contributed by atoms with Crippen LogP contribution in [-0.2, 0) is 4.79 Å². The van der Waals surface area contributed by atoms with Crippen LogP contribution in [0.5, 0.6) is 0 Å². The van der Waals surface area contributed by atoms with Crippen molar-refractivity contribution in [2.45, 2.75) is 31.3 Å². The van der Waals surface area contributed by atoms with Crippen LogP contribution in [-0.4, -0.2) is 36.5 Å². The molecule has 0 spiro atoms. The zero-order chi connectivity index (χ0) is 7.84. The van der Waals surface area contributed by atoms with Gasteiger partial charge in [0.2, 0.25) is 5.91 Å². The van der Waals surface area contributed by atoms with E-state index in [2.05, 4.69) is 17.3 Å². The Hall–Kier alpha value is -0.570. The van der Waals surface area contributed by atoms with Gasteiger partial charge in [0.15, 0.2) is 0 Å². The average Bonchev–Trinajstić information content (AvgIpc) is 2.20. The standard InChI is InChI=1S/C8H14N2O/c1-10-6-2-3-7(10)5-9-8(11)4-6/h6-7H,2-5H2,1H3,(H,9,11)/t6-,7-/m1/s1. The first kappa shape index (κ1) is 7.10. The Kier molecular flexibility index (Phi) is 1.60. The fraction of sp³-hybridized carbons (Fsp3) is 0.875. The summed E-state index contributed by atoms with van der Waals surface area (Å²) in [6.07, 6.45) is 3.16. The Morgan fingerprint density at radius 1 is 1.45 bits per heavy atom. The largest absolute Gasteiger partial charge is 0.354 e. The molecule has 2 heterocycles. The van der Waals surface area contributed by atoms with Crippen LogP contribution in [0.25, 0.3) is 0 Å². The van der Waals surface area contributed by atoms with Crippen molar-refractivity contribution in [3.8, 4) is 0 Å². The van der Waals surface area contributed by atoms with Crippen LogP contribution in [0.1, 0.15) is 19.3 Å². The van der Waals surface area contributed by atoms with Crippen molar-refractivity contribution in [2.24, 2.45) is 0 Å². The van der Waals surface area contributed by atoms with Crippen LogP contribution in [0.15, 0.2) is 0 Å². The molecular weight excluding hydrogens is 140 g/mol. The summed E-state index contributed by atoms with van der Waals surface area (Å²) in [6.45, 7) is 0.853. The van der Waals surface area contributed by atoms with Gasteiger partial charge in [0, 0.05) is 25.0 Å². The number of fused-ring (bicyclic) bond motifs is 2. The molecule has 2 rings (SSSR count). The number of carbonyl (C=O) groups is 1. The minimum Gasteiger partial charge on any atom is -0.354 e. The van der Waals surface area contributed by atoms with E-state index in [1.165, 1.54) is 12.8 Å². The van der Waals surface area contributed by atoms with E-state index in [0.717, 1.165) is 6.54 Å². The lowest BCUT2D eigenvalue weighted by Crippen LogP contribution is -2.34. The molecule has 2 fully saturated rings. The average molecular weight is 154 g/mol. The second-order valence-corrected chi connectivity index (χ2v) is 3.56. The number of hydrogen-bond acceptors (Lipinski definition) is 2. The summed E-state index contributed by atoms with van der Waals surface area (Å²) in [4.78, 5) is 13.4. The molecule has 3 nitrogen and oxygen atoms in total. The van der Waals surface area contributed by atoms with Crippen molar-refractivity contribution in [2.75, 3.05) is 13.6 Å². The Balaban J connectivity index is 2.13. The summed E-state index contributed by atoms with van der Waals surface area (Å²) in [5, 5.41) is 2.93. The van der Waals surface area contributed by atoms with Crippen LogP contribution >= 0.6 is 0 Å². The zero-order valence-corrected chi connectivity index (χ0v) is 6.84. The van der Waals surface area contributed by atoms with E-state index in [0.29, 0.717) is 18.5 Å². The summed E-state index contributed by atoms with van der Waals surface area (Å²) in [5.41, 5.74) is 0. The number of likely N-dealkylation sites (N-methyl/N-ethyl adjacent to an activating group) is 1. The van der Waals surface area contributed by atoms with Crippen molar-refractivity contribution in [3.05, 3.63) is 0 Å². The summed E-state index contributed by atoms with van der Waals surface area (Å²) in [7, 11) is 2.13. The van der Waals surface area contributed by atoms with Crippen molar-refractivity contribution < 1.29 is 4.79 Å². The second-order valence-electron chi connectivity index (χ2n) is 3.56. The van der Waals surface area contributed by atoms with Crippen LogP contribution in [0.3, 0.4) is 0 Å². The Labute approximate surface area is 66.8 Å². The maximum atomic E-state index is 11.1. The monoisotopic (exact) mass is 154 g/mol. The molecule has 1 amide bonds. The summed E-state index contributed by atoms with van der Waals surface area (Å²) >= 11 is 0. The van der Waals surface area contributed by atoms with Crippen LogP contribution in [0.2, 0.25) is 0 Å². The first-order chi connectivity index (χ1) is 5.27. The third-order valence-corrected chi connectivity index (χ3v) is 2.94. The molecule has 11 heavy (non-hydrogen) atoms. The normalized spacial score (nSPS) is 38.5. The molecule has 1 N–H and O–H groups in total. The van der Waals surface area contributed by atoms with E-state index >= 15 is 0 Å². The van der Waals surface area contributed by atoms with Crippen LogP contribution < -0.4 is 5.32 Å². The molecule has 2 saturated heterocycles. The zero-order valence-electron chi connectivity index (χ0n) is 6.84. The maximum Gasteiger partial charge on any atom is 0.221 e. The third-order valence-electron chi connectivity index (χ3n) is 2.94. The van der Waals surface area contributed by atoms with Gasteiger partial charge < -0.3 is 5.32 Å². The first-order valence-corrected chi connectivity index (χ1v) is 4.26. The molecule has 0 radical (unpaired) electrons. The second kappa shape index (κ2) is 2.48. The molecule has 0 aromatic carbocycles. The number of rotatable bonds is 0. The van der Waals surface area contributed by atoms with Crippen LogP contribution in [0, 0.1) is 0 Å². The quantitative estimate of drug-likeness (QED) is 0.531. The fourth-order valence-electron chi connectivity index (χ4n) is 2.10. The molecule has 62 valence electrons. The SMILES string of the molecule is CN1[C@@H]2CC[C@@H]1CC(=O)NC2. The van der Waals surface area contributed by atoms with Crippen LogP contribution in [0.4, 0.5) is 0 Å².